The standard InChI is InChI=1S/C15H9N2OS/c1-2-4-12-11(3-1)13-15(19-12)17-8-9-7-16-6-5-10(9)14(17)18-13/h1-7H,8H2/q+1. The van der Waals surface area contributed by atoms with Crippen LogP contribution in [0.1, 0.15) is 5.56 Å². The maximum atomic E-state index is 6.14. The zero-order chi connectivity index (χ0) is 12.4. The molecule has 0 unspecified atom stereocenters. The summed E-state index contributed by atoms with van der Waals surface area (Å²) in [7, 11) is 0. The summed E-state index contributed by atoms with van der Waals surface area (Å²) in [6.07, 6.45) is 3.75. The topological polar surface area (TPSA) is 29.9 Å². The first-order chi connectivity index (χ1) is 9.42. The molecule has 4 aromatic rings. The summed E-state index contributed by atoms with van der Waals surface area (Å²) in [5, 5.41) is 1.21. The Hall–Kier alpha value is -2.20. The Kier molecular flexibility index (Phi) is 1.64. The predicted molar refractivity (Wildman–Crippen MR) is 74.1 cm³/mol. The lowest BCUT2D eigenvalue weighted by molar-refractivity contribution is -0.647. The van der Waals surface area contributed by atoms with Gasteiger partial charge in [0.25, 0.3) is 0 Å². The number of oxazole rings is 1. The first-order valence-corrected chi connectivity index (χ1v) is 7.00. The number of nitrogens with zero attached hydrogens (tertiary/aromatic N) is 2. The van der Waals surface area contributed by atoms with Crippen LogP contribution in [0.15, 0.2) is 47.1 Å². The zero-order valence-electron chi connectivity index (χ0n) is 9.96. The number of rotatable bonds is 0. The summed E-state index contributed by atoms with van der Waals surface area (Å²) in [6.45, 7) is 0.859. The van der Waals surface area contributed by atoms with Crippen LogP contribution in [0.2, 0.25) is 0 Å². The minimum atomic E-state index is 0.859. The molecule has 0 aliphatic carbocycles. The van der Waals surface area contributed by atoms with Crippen LogP contribution in [0.3, 0.4) is 0 Å². The average Bonchev–Trinajstić information content (AvgIpc) is 3.07. The largest absolute Gasteiger partial charge is 0.396 e. The van der Waals surface area contributed by atoms with E-state index >= 15 is 0 Å². The van der Waals surface area contributed by atoms with Crippen LogP contribution in [0.4, 0.5) is 0 Å². The van der Waals surface area contributed by atoms with Crippen LogP contribution < -0.4 is 4.57 Å². The molecule has 4 heterocycles. The molecular weight excluding hydrogens is 256 g/mol. The SMILES string of the molecule is c1ccc2c(c1)sc1c2oc2[n+]1Cc1cnccc1-2. The molecule has 19 heavy (non-hydrogen) atoms. The summed E-state index contributed by atoms with van der Waals surface area (Å²) in [6, 6.07) is 10.4. The highest BCUT2D eigenvalue weighted by molar-refractivity contribution is 7.25. The molecule has 4 heteroatoms. The molecule has 0 radical (unpaired) electrons. The number of hydrogen-bond acceptors (Lipinski definition) is 3. The molecular formula is C15H9N2OS+. The maximum Gasteiger partial charge on any atom is 0.383 e. The lowest BCUT2D eigenvalue weighted by Gasteiger charge is -1.89. The Morgan fingerprint density at radius 2 is 2.16 bits per heavy atom. The van der Waals surface area contributed by atoms with E-state index in [1.807, 2.05) is 18.5 Å². The molecule has 0 bridgehead atoms. The Morgan fingerprint density at radius 3 is 3.16 bits per heavy atom. The number of benzene rings is 1. The van der Waals surface area contributed by atoms with E-state index in [0.717, 1.165) is 18.0 Å². The molecule has 0 spiro atoms. The molecule has 3 nitrogen and oxygen atoms in total. The van der Waals surface area contributed by atoms with Crippen LogP contribution in [0, 0.1) is 0 Å². The third-order valence-corrected chi connectivity index (χ3v) is 4.86. The monoisotopic (exact) mass is 265 g/mol. The van der Waals surface area contributed by atoms with Crippen LogP contribution in [0.25, 0.3) is 32.0 Å². The van der Waals surface area contributed by atoms with Crippen molar-refractivity contribution in [1.29, 1.82) is 0 Å². The quantitative estimate of drug-likeness (QED) is 0.402. The molecule has 0 saturated carbocycles. The molecule has 0 saturated heterocycles. The van der Waals surface area contributed by atoms with Gasteiger partial charge in [-0.15, -0.1) is 4.57 Å². The highest BCUT2D eigenvalue weighted by atomic mass is 32.1. The third kappa shape index (κ3) is 1.12. The van der Waals surface area contributed by atoms with Crippen molar-refractivity contribution >= 4 is 31.8 Å². The Balaban J connectivity index is 1.93. The van der Waals surface area contributed by atoms with Crippen LogP contribution in [0.5, 0.6) is 0 Å². The fourth-order valence-electron chi connectivity index (χ4n) is 2.81. The summed E-state index contributed by atoms with van der Waals surface area (Å²) in [5.41, 5.74) is 3.42. The van der Waals surface area contributed by atoms with Gasteiger partial charge in [0, 0.05) is 22.5 Å². The fraction of sp³-hybridized carbons (Fsp3) is 0.0667. The van der Waals surface area contributed by atoms with Crippen molar-refractivity contribution in [1.82, 2.24) is 4.98 Å². The predicted octanol–water partition coefficient (Wildman–Crippen LogP) is 3.36. The Morgan fingerprint density at radius 1 is 1.21 bits per heavy atom. The second kappa shape index (κ2) is 3.22. The van der Waals surface area contributed by atoms with E-state index < -0.39 is 0 Å². The van der Waals surface area contributed by atoms with Gasteiger partial charge < -0.3 is 4.42 Å². The van der Waals surface area contributed by atoms with Crippen molar-refractivity contribution in [2.24, 2.45) is 0 Å². The number of hydrogen-bond donors (Lipinski definition) is 0. The molecule has 3 aromatic heterocycles. The van der Waals surface area contributed by atoms with E-state index in [9.17, 15) is 0 Å². The van der Waals surface area contributed by atoms with Gasteiger partial charge in [0.1, 0.15) is 0 Å². The maximum absolute atomic E-state index is 6.14. The zero-order valence-corrected chi connectivity index (χ0v) is 10.8. The van der Waals surface area contributed by atoms with Crippen molar-refractivity contribution in [2.75, 3.05) is 0 Å². The fourth-order valence-corrected chi connectivity index (χ4v) is 3.93. The highest BCUT2D eigenvalue weighted by Gasteiger charge is 2.35. The van der Waals surface area contributed by atoms with Gasteiger partial charge in [-0.3, -0.25) is 4.98 Å². The Labute approximate surface area is 112 Å². The second-order valence-electron chi connectivity index (χ2n) is 4.76. The van der Waals surface area contributed by atoms with Gasteiger partial charge in [-0.25, -0.2) is 0 Å². The molecule has 1 aliphatic rings. The van der Waals surface area contributed by atoms with Crippen molar-refractivity contribution in [3.05, 3.63) is 48.3 Å². The Bertz CT molecular complexity index is 951. The van der Waals surface area contributed by atoms with Gasteiger partial charge in [0.2, 0.25) is 5.58 Å². The molecule has 0 N–H and O–H groups in total. The van der Waals surface area contributed by atoms with Crippen molar-refractivity contribution < 1.29 is 8.98 Å². The summed E-state index contributed by atoms with van der Waals surface area (Å²) in [5.74, 6) is 0.962. The summed E-state index contributed by atoms with van der Waals surface area (Å²) in [4.78, 5) is 5.41. The molecule has 1 aromatic carbocycles. The van der Waals surface area contributed by atoms with E-state index in [1.165, 1.54) is 26.0 Å². The number of aromatic nitrogens is 2. The van der Waals surface area contributed by atoms with Gasteiger partial charge in [-0.05, 0) is 18.2 Å². The van der Waals surface area contributed by atoms with E-state index in [1.54, 1.807) is 11.3 Å². The lowest BCUT2D eigenvalue weighted by atomic mass is 10.2. The minimum absolute atomic E-state index is 0.859. The average molecular weight is 265 g/mol. The molecule has 90 valence electrons. The molecule has 0 amide bonds. The molecule has 0 atom stereocenters. The van der Waals surface area contributed by atoms with Crippen LogP contribution in [-0.4, -0.2) is 4.98 Å². The van der Waals surface area contributed by atoms with E-state index in [4.69, 9.17) is 4.42 Å². The van der Waals surface area contributed by atoms with Gasteiger partial charge in [-0.2, -0.15) is 0 Å². The normalized spacial score (nSPS) is 13.1. The van der Waals surface area contributed by atoms with Crippen LogP contribution >= 0.6 is 11.3 Å². The third-order valence-electron chi connectivity index (χ3n) is 3.68. The minimum Gasteiger partial charge on any atom is -0.396 e. The number of pyridine rings is 1. The van der Waals surface area contributed by atoms with E-state index in [2.05, 4.69) is 33.8 Å². The van der Waals surface area contributed by atoms with Crippen LogP contribution in [-0.2, 0) is 6.54 Å². The summed E-state index contributed by atoms with van der Waals surface area (Å²) >= 11 is 1.79. The van der Waals surface area contributed by atoms with Gasteiger partial charge >= 0.3 is 10.7 Å². The van der Waals surface area contributed by atoms with Gasteiger partial charge in [-0.1, -0.05) is 23.5 Å². The number of fused-ring (bicyclic) bond motifs is 7. The van der Waals surface area contributed by atoms with E-state index in [0.29, 0.717) is 0 Å². The molecule has 0 fully saturated rings. The van der Waals surface area contributed by atoms with Crippen molar-refractivity contribution in [3.8, 4) is 11.5 Å². The smallest absolute Gasteiger partial charge is 0.383 e. The van der Waals surface area contributed by atoms with Crippen molar-refractivity contribution in [3.63, 3.8) is 0 Å². The van der Waals surface area contributed by atoms with Gasteiger partial charge in [0.05, 0.1) is 11.1 Å². The first kappa shape index (κ1) is 9.69. The number of thiophene rings is 1. The highest BCUT2D eigenvalue weighted by Crippen LogP contribution is 2.38. The molecule has 1 aliphatic heterocycles. The first-order valence-electron chi connectivity index (χ1n) is 6.19. The van der Waals surface area contributed by atoms with Gasteiger partial charge in [0.15, 0.2) is 6.54 Å². The second-order valence-corrected chi connectivity index (χ2v) is 5.79. The lowest BCUT2D eigenvalue weighted by Crippen LogP contribution is -2.29. The van der Waals surface area contributed by atoms with Crippen molar-refractivity contribution in [2.45, 2.75) is 6.54 Å². The van der Waals surface area contributed by atoms with E-state index in [-0.39, 0.29) is 0 Å². The summed E-state index contributed by atoms with van der Waals surface area (Å²) < 4.78 is 9.67. The molecule has 5 rings (SSSR count).